The fraction of sp³-hybridized carbons (Fsp3) is 0.200. The van der Waals surface area contributed by atoms with Gasteiger partial charge in [0.1, 0.15) is 0 Å². The third kappa shape index (κ3) is 3.20. The van der Waals surface area contributed by atoms with Gasteiger partial charge in [-0.15, -0.1) is 10.2 Å². The average molecular weight is 319 g/mol. The Kier molecular flexibility index (Phi) is 4.43. The van der Waals surface area contributed by atoms with Crippen LogP contribution in [0.5, 0.6) is 0 Å². The third-order valence-electron chi connectivity index (χ3n) is 3.06. The van der Waals surface area contributed by atoms with Gasteiger partial charge in [-0.25, -0.2) is 0 Å². The summed E-state index contributed by atoms with van der Waals surface area (Å²) in [5.74, 6) is 0. The molecule has 0 amide bonds. The van der Waals surface area contributed by atoms with Crippen LogP contribution in [0.15, 0.2) is 52.6 Å². The van der Waals surface area contributed by atoms with Crippen LogP contribution in [0.25, 0.3) is 5.65 Å². The van der Waals surface area contributed by atoms with Crippen molar-refractivity contribution < 1.29 is 0 Å². The molecule has 6 heteroatoms. The summed E-state index contributed by atoms with van der Waals surface area (Å²) < 4.78 is 1.95. The van der Waals surface area contributed by atoms with E-state index >= 15 is 0 Å². The molecule has 0 fully saturated rings. The highest BCUT2D eigenvalue weighted by atomic mass is 35.5. The lowest BCUT2D eigenvalue weighted by Gasteiger charge is -2.06. The van der Waals surface area contributed by atoms with Crippen molar-refractivity contribution in [3.63, 3.8) is 0 Å². The van der Waals surface area contributed by atoms with Gasteiger partial charge in [0.2, 0.25) is 0 Å². The highest BCUT2D eigenvalue weighted by molar-refractivity contribution is 7.99. The quantitative estimate of drug-likeness (QED) is 0.780. The Balaban J connectivity index is 1.84. The summed E-state index contributed by atoms with van der Waals surface area (Å²) in [6, 6.07) is 11.9. The Morgan fingerprint density at radius 2 is 2.14 bits per heavy atom. The lowest BCUT2D eigenvalue weighted by molar-refractivity contribution is 0.726. The number of rotatable bonds is 5. The zero-order valence-electron chi connectivity index (χ0n) is 11.6. The highest BCUT2D eigenvalue weighted by Crippen LogP contribution is 2.32. The summed E-state index contributed by atoms with van der Waals surface area (Å²) in [6.07, 6.45) is 1.95. The first-order valence-corrected chi connectivity index (χ1v) is 7.94. The number of hydrogen-bond donors (Lipinski definition) is 1. The van der Waals surface area contributed by atoms with Crippen LogP contribution in [-0.4, -0.2) is 21.1 Å². The lowest BCUT2D eigenvalue weighted by Crippen LogP contribution is -2.11. The first-order chi connectivity index (χ1) is 10.3. The van der Waals surface area contributed by atoms with Crippen LogP contribution in [0.1, 0.15) is 12.5 Å². The fourth-order valence-corrected chi connectivity index (χ4v) is 3.14. The van der Waals surface area contributed by atoms with E-state index in [1.165, 1.54) is 17.3 Å². The maximum atomic E-state index is 6.37. The summed E-state index contributed by atoms with van der Waals surface area (Å²) >= 11 is 7.89. The molecular weight excluding hydrogens is 304 g/mol. The predicted octanol–water partition coefficient (Wildman–Crippen LogP) is 3.64. The number of pyridine rings is 1. The number of aromatic nitrogens is 3. The van der Waals surface area contributed by atoms with E-state index in [2.05, 4.69) is 28.5 Å². The Hall–Kier alpha value is -1.56. The molecule has 0 saturated heterocycles. The van der Waals surface area contributed by atoms with Gasteiger partial charge in [0.05, 0.1) is 5.02 Å². The van der Waals surface area contributed by atoms with Gasteiger partial charge in [-0.1, -0.05) is 30.7 Å². The van der Waals surface area contributed by atoms with Crippen molar-refractivity contribution in [3.05, 3.63) is 53.2 Å². The van der Waals surface area contributed by atoms with Crippen molar-refractivity contribution in [1.29, 1.82) is 0 Å². The molecule has 1 aromatic carbocycles. The first-order valence-electron chi connectivity index (χ1n) is 6.74. The molecule has 0 aliphatic rings. The molecular formula is C15H15ClN4S. The van der Waals surface area contributed by atoms with E-state index in [1.54, 1.807) is 0 Å². The molecule has 0 spiro atoms. The van der Waals surface area contributed by atoms with Crippen LogP contribution in [-0.2, 0) is 6.54 Å². The van der Waals surface area contributed by atoms with Gasteiger partial charge in [-0.3, -0.25) is 4.40 Å². The van der Waals surface area contributed by atoms with Crippen molar-refractivity contribution in [2.24, 2.45) is 0 Å². The molecule has 0 radical (unpaired) electrons. The summed E-state index contributed by atoms with van der Waals surface area (Å²) in [5, 5.41) is 13.2. The molecule has 0 saturated carbocycles. The van der Waals surface area contributed by atoms with Crippen LogP contribution in [0.2, 0.25) is 5.02 Å². The fourth-order valence-electron chi connectivity index (χ4n) is 1.99. The normalized spacial score (nSPS) is 11.1. The molecule has 2 heterocycles. The van der Waals surface area contributed by atoms with E-state index in [1.807, 2.05) is 40.9 Å². The molecule has 0 unspecified atom stereocenters. The van der Waals surface area contributed by atoms with Gasteiger partial charge in [-0.05, 0) is 48.1 Å². The van der Waals surface area contributed by atoms with Gasteiger partial charge in [0, 0.05) is 17.6 Å². The Morgan fingerprint density at radius 3 is 2.95 bits per heavy atom. The minimum absolute atomic E-state index is 0.739. The lowest BCUT2D eigenvalue weighted by atomic mass is 10.2. The number of nitrogens with one attached hydrogen (secondary N) is 1. The zero-order chi connectivity index (χ0) is 14.7. The van der Waals surface area contributed by atoms with E-state index in [0.29, 0.717) is 0 Å². The summed E-state index contributed by atoms with van der Waals surface area (Å²) in [7, 11) is 0. The molecule has 21 heavy (non-hydrogen) atoms. The third-order valence-corrected chi connectivity index (χ3v) is 4.52. The summed E-state index contributed by atoms with van der Waals surface area (Å²) in [6.45, 7) is 3.86. The molecule has 3 rings (SSSR count). The van der Waals surface area contributed by atoms with E-state index in [9.17, 15) is 0 Å². The van der Waals surface area contributed by atoms with Crippen molar-refractivity contribution in [3.8, 4) is 0 Å². The van der Waals surface area contributed by atoms with Gasteiger partial charge in [0.15, 0.2) is 10.8 Å². The number of halogens is 1. The average Bonchev–Trinajstić information content (AvgIpc) is 2.91. The largest absolute Gasteiger partial charge is 0.313 e. The Morgan fingerprint density at radius 1 is 1.24 bits per heavy atom. The molecule has 0 atom stereocenters. The monoisotopic (exact) mass is 318 g/mol. The molecule has 4 nitrogen and oxygen atoms in total. The topological polar surface area (TPSA) is 42.2 Å². The minimum Gasteiger partial charge on any atom is -0.313 e. The maximum absolute atomic E-state index is 6.37. The number of benzene rings is 1. The second kappa shape index (κ2) is 6.47. The number of fused-ring (bicyclic) bond motifs is 1. The second-order valence-corrected chi connectivity index (χ2v) is 5.97. The van der Waals surface area contributed by atoms with Crippen molar-refractivity contribution in [2.45, 2.75) is 23.5 Å². The SMILES string of the molecule is CCNCc1ccc(Sc2nnc3ccccn23)c(Cl)c1. The second-order valence-electron chi connectivity index (χ2n) is 4.56. The number of nitrogens with zero attached hydrogens (tertiary/aromatic N) is 3. The van der Waals surface area contributed by atoms with Gasteiger partial charge in [0.25, 0.3) is 0 Å². The van der Waals surface area contributed by atoms with Gasteiger partial charge in [-0.2, -0.15) is 0 Å². The highest BCUT2D eigenvalue weighted by Gasteiger charge is 2.09. The van der Waals surface area contributed by atoms with Crippen LogP contribution in [0, 0.1) is 0 Å². The van der Waals surface area contributed by atoms with Crippen LogP contribution in [0.3, 0.4) is 0 Å². The molecule has 108 valence electrons. The van der Waals surface area contributed by atoms with Crippen LogP contribution < -0.4 is 5.32 Å². The van der Waals surface area contributed by atoms with Crippen molar-refractivity contribution in [2.75, 3.05) is 6.54 Å². The molecule has 0 aliphatic carbocycles. The molecule has 0 aliphatic heterocycles. The van der Waals surface area contributed by atoms with Crippen molar-refractivity contribution >= 4 is 29.0 Å². The van der Waals surface area contributed by atoms with Crippen LogP contribution in [0.4, 0.5) is 0 Å². The maximum Gasteiger partial charge on any atom is 0.200 e. The smallest absolute Gasteiger partial charge is 0.200 e. The standard InChI is InChI=1S/C15H15ClN4S/c1-2-17-10-11-6-7-13(12(16)9-11)21-15-19-18-14-5-3-4-8-20(14)15/h3-9,17H,2,10H2,1H3. The van der Waals surface area contributed by atoms with E-state index < -0.39 is 0 Å². The Bertz CT molecular complexity index is 756. The summed E-state index contributed by atoms with van der Waals surface area (Å²) in [5.41, 5.74) is 2.01. The van der Waals surface area contributed by atoms with E-state index in [0.717, 1.165) is 33.8 Å². The molecule has 0 bridgehead atoms. The zero-order valence-corrected chi connectivity index (χ0v) is 13.2. The molecule has 3 aromatic rings. The van der Waals surface area contributed by atoms with E-state index in [4.69, 9.17) is 11.6 Å². The molecule has 1 N–H and O–H groups in total. The van der Waals surface area contributed by atoms with Gasteiger partial charge < -0.3 is 5.32 Å². The van der Waals surface area contributed by atoms with Crippen LogP contribution >= 0.6 is 23.4 Å². The Labute approximate surface area is 132 Å². The number of hydrogen-bond acceptors (Lipinski definition) is 4. The van der Waals surface area contributed by atoms with Crippen molar-refractivity contribution in [1.82, 2.24) is 19.9 Å². The first kappa shape index (κ1) is 14.4. The summed E-state index contributed by atoms with van der Waals surface area (Å²) in [4.78, 5) is 0.982. The predicted molar refractivity (Wildman–Crippen MR) is 85.9 cm³/mol. The molecule has 2 aromatic heterocycles. The van der Waals surface area contributed by atoms with E-state index in [-0.39, 0.29) is 0 Å². The minimum atomic E-state index is 0.739. The van der Waals surface area contributed by atoms with Gasteiger partial charge >= 0.3 is 0 Å².